The van der Waals surface area contributed by atoms with Crippen molar-refractivity contribution in [1.29, 1.82) is 0 Å². The molecule has 5 heteroatoms. The molecule has 108 valence electrons. The van der Waals surface area contributed by atoms with E-state index in [0.717, 1.165) is 45.1 Å². The zero-order chi connectivity index (χ0) is 13.5. The molecular weight excluding hydrogens is 262 g/mol. The van der Waals surface area contributed by atoms with Crippen molar-refractivity contribution >= 4 is 17.7 Å². The van der Waals surface area contributed by atoms with Crippen molar-refractivity contribution < 1.29 is 14.6 Å². The minimum Gasteiger partial charge on any atom is -0.480 e. The minimum atomic E-state index is -0.654. The molecule has 4 unspecified atom stereocenters. The average Bonchev–Trinajstić information content (AvgIpc) is 2.93. The van der Waals surface area contributed by atoms with Gasteiger partial charge in [0.2, 0.25) is 0 Å². The maximum absolute atomic E-state index is 11.6. The second-order valence-corrected chi connectivity index (χ2v) is 7.75. The van der Waals surface area contributed by atoms with Gasteiger partial charge >= 0.3 is 5.97 Å². The Morgan fingerprint density at radius 2 is 2.16 bits per heavy atom. The first kappa shape index (κ1) is 13.7. The Kier molecular flexibility index (Phi) is 3.80. The topological polar surface area (TPSA) is 58.6 Å². The number of nitrogens with one attached hydrogen (secondary N) is 1. The fraction of sp³-hybridized carbons (Fsp3) is 0.929. The Balaban J connectivity index is 1.59. The van der Waals surface area contributed by atoms with Crippen molar-refractivity contribution in [3.05, 3.63) is 0 Å². The lowest BCUT2D eigenvalue weighted by atomic mass is 9.98. The van der Waals surface area contributed by atoms with Crippen LogP contribution in [0.15, 0.2) is 0 Å². The maximum Gasteiger partial charge on any atom is 0.323 e. The lowest BCUT2D eigenvalue weighted by Gasteiger charge is -2.26. The van der Waals surface area contributed by atoms with Gasteiger partial charge in [-0.15, -0.1) is 0 Å². The Morgan fingerprint density at radius 3 is 2.74 bits per heavy atom. The lowest BCUT2D eigenvalue weighted by molar-refractivity contribution is -0.144. The van der Waals surface area contributed by atoms with Crippen LogP contribution in [0.2, 0.25) is 0 Å². The quantitative estimate of drug-likeness (QED) is 0.809. The summed E-state index contributed by atoms with van der Waals surface area (Å²) in [6.45, 7) is 2.99. The highest BCUT2D eigenvalue weighted by molar-refractivity contribution is 8.00. The molecule has 0 spiro atoms. The van der Waals surface area contributed by atoms with Crippen LogP contribution in [-0.2, 0) is 9.53 Å². The monoisotopic (exact) mass is 285 g/mol. The second-order valence-electron chi connectivity index (χ2n) is 6.21. The summed E-state index contributed by atoms with van der Waals surface area (Å²) < 4.78 is 5.60. The molecule has 0 aromatic rings. The van der Waals surface area contributed by atoms with Crippen LogP contribution in [0.4, 0.5) is 0 Å². The van der Waals surface area contributed by atoms with Gasteiger partial charge in [0, 0.05) is 23.1 Å². The molecule has 3 aliphatic rings. The third kappa shape index (κ3) is 2.93. The zero-order valence-electron chi connectivity index (χ0n) is 11.4. The Labute approximate surface area is 118 Å². The van der Waals surface area contributed by atoms with Gasteiger partial charge in [0.05, 0.1) is 6.10 Å². The van der Waals surface area contributed by atoms with E-state index in [0.29, 0.717) is 22.6 Å². The smallest absolute Gasteiger partial charge is 0.323 e. The van der Waals surface area contributed by atoms with Crippen LogP contribution < -0.4 is 5.32 Å². The van der Waals surface area contributed by atoms with E-state index in [2.05, 4.69) is 12.2 Å². The van der Waals surface area contributed by atoms with Crippen LogP contribution in [0.5, 0.6) is 0 Å². The zero-order valence-corrected chi connectivity index (χ0v) is 12.2. The first-order valence-corrected chi connectivity index (χ1v) is 8.31. The maximum atomic E-state index is 11.6. The van der Waals surface area contributed by atoms with Crippen LogP contribution in [0.25, 0.3) is 0 Å². The predicted octanol–water partition coefficient (Wildman–Crippen LogP) is 2.02. The number of hydrogen-bond acceptors (Lipinski definition) is 4. The summed E-state index contributed by atoms with van der Waals surface area (Å²) in [4.78, 5) is 11.6. The van der Waals surface area contributed by atoms with E-state index in [4.69, 9.17) is 4.74 Å². The highest BCUT2D eigenvalue weighted by Crippen LogP contribution is 2.43. The van der Waals surface area contributed by atoms with Crippen molar-refractivity contribution in [1.82, 2.24) is 5.32 Å². The number of hydrogen-bond donors (Lipinski definition) is 2. The fourth-order valence-electron chi connectivity index (χ4n) is 3.26. The molecule has 1 aliphatic heterocycles. The first-order chi connectivity index (χ1) is 9.09. The number of carbonyl (C=O) groups is 1. The van der Waals surface area contributed by atoms with Crippen LogP contribution in [-0.4, -0.2) is 45.9 Å². The summed E-state index contributed by atoms with van der Waals surface area (Å²) >= 11 is 1.96. The van der Waals surface area contributed by atoms with Crippen molar-refractivity contribution in [2.75, 3.05) is 6.61 Å². The first-order valence-electron chi connectivity index (χ1n) is 7.37. The molecule has 0 amide bonds. The molecule has 4 atom stereocenters. The molecular formula is C14H23NO3S. The van der Waals surface area contributed by atoms with Gasteiger partial charge < -0.3 is 9.84 Å². The van der Waals surface area contributed by atoms with E-state index in [1.807, 2.05) is 11.8 Å². The van der Waals surface area contributed by atoms with Gasteiger partial charge in [-0.3, -0.25) is 10.1 Å². The number of rotatable bonds is 5. The van der Waals surface area contributed by atoms with E-state index in [-0.39, 0.29) is 0 Å². The minimum absolute atomic E-state index is 0.321. The summed E-state index contributed by atoms with van der Waals surface area (Å²) in [5.74, 6) is -0.654. The Bertz CT molecular complexity index is 361. The lowest BCUT2D eigenvalue weighted by Crippen LogP contribution is -2.51. The van der Waals surface area contributed by atoms with Crippen LogP contribution in [0.1, 0.15) is 45.4 Å². The molecule has 2 aliphatic carbocycles. The molecule has 0 aromatic heterocycles. The summed E-state index contributed by atoms with van der Waals surface area (Å²) in [6, 6.07) is 0.452. The molecule has 19 heavy (non-hydrogen) atoms. The summed E-state index contributed by atoms with van der Waals surface area (Å²) in [5, 5.41) is 14.0. The van der Waals surface area contributed by atoms with E-state index in [1.54, 1.807) is 0 Å². The average molecular weight is 285 g/mol. The van der Waals surface area contributed by atoms with Crippen molar-refractivity contribution in [2.45, 2.75) is 73.6 Å². The highest BCUT2D eigenvalue weighted by Gasteiger charge is 2.48. The van der Waals surface area contributed by atoms with Crippen molar-refractivity contribution in [3.63, 3.8) is 0 Å². The summed E-state index contributed by atoms with van der Waals surface area (Å²) in [6.07, 6.45) is 6.27. The normalized spacial score (nSPS) is 42.7. The molecule has 0 radical (unpaired) electrons. The Hall–Kier alpha value is -0.260. The third-order valence-electron chi connectivity index (χ3n) is 4.61. The van der Waals surface area contributed by atoms with Gasteiger partial charge in [-0.1, -0.05) is 0 Å². The molecule has 1 saturated heterocycles. The molecule has 3 rings (SSSR count). The van der Waals surface area contributed by atoms with Crippen molar-refractivity contribution in [3.8, 4) is 0 Å². The van der Waals surface area contributed by atoms with Gasteiger partial charge in [0.1, 0.15) is 5.54 Å². The third-order valence-corrected chi connectivity index (χ3v) is 6.37. The van der Waals surface area contributed by atoms with Crippen molar-refractivity contribution in [2.24, 2.45) is 0 Å². The van der Waals surface area contributed by atoms with E-state index in [9.17, 15) is 9.90 Å². The van der Waals surface area contributed by atoms with Gasteiger partial charge in [-0.25, -0.2) is 0 Å². The molecule has 0 bridgehead atoms. The van der Waals surface area contributed by atoms with E-state index in [1.165, 1.54) is 0 Å². The van der Waals surface area contributed by atoms with Gasteiger partial charge in [0.25, 0.3) is 0 Å². The van der Waals surface area contributed by atoms with Gasteiger partial charge in [-0.2, -0.15) is 11.8 Å². The Morgan fingerprint density at radius 1 is 1.37 bits per heavy atom. The number of ether oxygens (including phenoxy) is 1. The number of aliphatic carboxylic acids is 1. The summed E-state index contributed by atoms with van der Waals surface area (Å²) in [5.41, 5.74) is -0.651. The standard InChI is InChI=1S/C14H23NO3S/c1-9-12(5-7-18-9)19-11-4-6-14(8-11,13(16)17)15-10-2-3-10/h9-12,15H,2-8H2,1H3,(H,16,17). The van der Waals surface area contributed by atoms with E-state index >= 15 is 0 Å². The van der Waals surface area contributed by atoms with Crippen LogP contribution in [0.3, 0.4) is 0 Å². The number of carboxylic acid groups (broad SMARTS) is 1. The SMILES string of the molecule is CC1OCCC1SC1CCC(NC2CC2)(C(=O)O)C1. The van der Waals surface area contributed by atoms with Crippen LogP contribution in [0, 0.1) is 0 Å². The number of carboxylic acids is 1. The highest BCUT2D eigenvalue weighted by atomic mass is 32.2. The van der Waals surface area contributed by atoms with Crippen LogP contribution >= 0.6 is 11.8 Å². The van der Waals surface area contributed by atoms with Gasteiger partial charge in [0.15, 0.2) is 0 Å². The molecule has 4 nitrogen and oxygen atoms in total. The number of thioether (sulfide) groups is 1. The molecule has 2 N–H and O–H groups in total. The largest absolute Gasteiger partial charge is 0.480 e. The molecule has 3 fully saturated rings. The molecule has 2 saturated carbocycles. The molecule has 1 heterocycles. The van der Waals surface area contributed by atoms with E-state index < -0.39 is 11.5 Å². The summed E-state index contributed by atoms with van der Waals surface area (Å²) in [7, 11) is 0. The second kappa shape index (κ2) is 5.26. The fourth-order valence-corrected chi connectivity index (χ4v) is 4.92. The predicted molar refractivity (Wildman–Crippen MR) is 75.6 cm³/mol. The van der Waals surface area contributed by atoms with Gasteiger partial charge in [-0.05, 0) is 45.4 Å². The molecule has 0 aromatic carbocycles.